The number of aromatic nitrogens is 4. The summed E-state index contributed by atoms with van der Waals surface area (Å²) in [7, 11) is 0. The molecule has 0 spiro atoms. The Morgan fingerprint density at radius 2 is 0.524 bits per heavy atom. The molecule has 4 fully saturated rings. The van der Waals surface area contributed by atoms with Crippen molar-refractivity contribution in [3.8, 4) is 44.5 Å². The van der Waals surface area contributed by atoms with Gasteiger partial charge in [0.05, 0.1) is 49.2 Å². The number of ether oxygens (including phenoxy) is 4. The standard InChI is InChI=1S/C64H62N4O16/c69-45-25-81-61(57(77)53(45)73)33-9-1-5-29(21-33)49-37-13-15-39(65-37)50(30-6-2-10-34(22-30)62-58(78)54(74)46(70)26-82-62)41-17-19-43(67-41)52(32-8-4-12-36(24-32)64-60(80)56(76)48(72)28-84-64)44-20-18-42(68-44)51(40-16-14-38(49)66-40)31-7-3-11-35(23-31)63-59(79)55(75)47(71)27-83-63/h1-24,45-48,53-65,68-80H,25-28H2/t45-,46-,47-,48-,53+,54+,55+,56+,57-,58-,59-,60-,61?,62?,63?,64?/m1/s1. The van der Waals surface area contributed by atoms with Crippen molar-refractivity contribution in [1.29, 1.82) is 0 Å². The summed E-state index contributed by atoms with van der Waals surface area (Å²) in [5.74, 6) is 0. The summed E-state index contributed by atoms with van der Waals surface area (Å²) in [5, 5.41) is 130. The smallest absolute Gasteiger partial charge is 0.113 e. The zero-order chi connectivity index (χ0) is 58.2. The lowest BCUT2D eigenvalue weighted by atomic mass is 9.92. The molecule has 434 valence electrons. The number of aliphatic hydroxyl groups excluding tert-OH is 12. The first-order valence-corrected chi connectivity index (χ1v) is 27.8. The summed E-state index contributed by atoms with van der Waals surface area (Å²) in [4.78, 5) is 18.2. The highest BCUT2D eigenvalue weighted by Gasteiger charge is 2.42. The Hall–Kier alpha value is -7.16. The van der Waals surface area contributed by atoms with Crippen LogP contribution in [-0.2, 0) is 18.9 Å². The molecule has 16 atom stereocenters. The molecule has 8 bridgehead atoms. The van der Waals surface area contributed by atoms with Crippen molar-refractivity contribution in [2.24, 2.45) is 0 Å². The largest absolute Gasteiger partial charge is 0.388 e. The molecule has 0 aliphatic carbocycles. The number of aliphatic hydroxyl groups is 12. The third-order valence-corrected chi connectivity index (χ3v) is 16.8. The third-order valence-electron chi connectivity index (χ3n) is 16.8. The van der Waals surface area contributed by atoms with E-state index < -0.39 is 97.7 Å². The van der Waals surface area contributed by atoms with Crippen molar-refractivity contribution < 1.29 is 80.2 Å². The fraction of sp³-hybridized carbons (Fsp3) is 0.312. The Morgan fingerprint density at radius 1 is 0.298 bits per heavy atom. The molecule has 4 unspecified atom stereocenters. The summed E-state index contributed by atoms with van der Waals surface area (Å²) in [6.07, 6.45) is -13.3. The van der Waals surface area contributed by atoms with E-state index in [1.54, 1.807) is 48.5 Å². The lowest BCUT2D eigenvalue weighted by Gasteiger charge is -2.35. The maximum atomic E-state index is 11.2. The highest BCUT2D eigenvalue weighted by molar-refractivity contribution is 6.00. The van der Waals surface area contributed by atoms with Gasteiger partial charge in [0.1, 0.15) is 97.7 Å². The van der Waals surface area contributed by atoms with Crippen molar-refractivity contribution in [3.63, 3.8) is 0 Å². The number of rotatable bonds is 8. The van der Waals surface area contributed by atoms with Crippen LogP contribution in [-0.4, -0.2) is 181 Å². The van der Waals surface area contributed by atoms with E-state index in [1.165, 1.54) is 0 Å². The van der Waals surface area contributed by atoms with E-state index in [4.69, 9.17) is 28.9 Å². The van der Waals surface area contributed by atoms with Gasteiger partial charge >= 0.3 is 0 Å². The topological polar surface area (TPSA) is 337 Å². The number of fused-ring (bicyclic) bond motifs is 8. The number of H-pyrrole nitrogens is 2. The fourth-order valence-electron chi connectivity index (χ4n) is 12.3. The van der Waals surface area contributed by atoms with Crippen LogP contribution in [0.4, 0.5) is 0 Å². The van der Waals surface area contributed by atoms with E-state index in [0.717, 1.165) is 0 Å². The zero-order valence-corrected chi connectivity index (χ0v) is 44.8. The summed E-state index contributed by atoms with van der Waals surface area (Å²) >= 11 is 0. The number of aromatic amines is 2. The molecule has 6 aliphatic rings. The summed E-state index contributed by atoms with van der Waals surface area (Å²) in [6, 6.07) is 36.8. The van der Waals surface area contributed by atoms with Gasteiger partial charge in [-0.05, 0) is 117 Å². The second-order valence-electron chi connectivity index (χ2n) is 22.2. The Bertz CT molecular complexity index is 3400. The second kappa shape index (κ2) is 22.7. The normalized spacial score (nSPS) is 30.6. The van der Waals surface area contributed by atoms with Gasteiger partial charge in [-0.15, -0.1) is 0 Å². The SMILES string of the molecule is O[C@H]1[C@H](O)COC(c2cccc(-c3c4nc(c(-c5cccc(C6OC[C@@H](O)[C@H](O)[C@H]6O)c5)c5ccc([nH]5)c(-c5cccc(C6OC[C@@H](O)[C@H](O)[C@H]6O)c5)c5nc(c(-c6cccc(C7OC[C@@H](O)[C@H](O)[C@H]7O)c6)c6ccc3[nH]6)C=C5)C=C4)c2)[C@@H]1O. The summed E-state index contributed by atoms with van der Waals surface area (Å²) in [6.45, 7) is -0.834. The van der Waals surface area contributed by atoms with Crippen LogP contribution < -0.4 is 0 Å². The van der Waals surface area contributed by atoms with Gasteiger partial charge in [0.15, 0.2) is 0 Å². The van der Waals surface area contributed by atoms with Crippen molar-refractivity contribution in [2.75, 3.05) is 26.4 Å². The molecule has 0 radical (unpaired) electrons. The lowest BCUT2D eigenvalue weighted by Crippen LogP contribution is -2.49. The van der Waals surface area contributed by atoms with Gasteiger partial charge in [-0.3, -0.25) is 0 Å². The number of benzene rings is 4. The number of hydrogen-bond donors (Lipinski definition) is 14. The first-order chi connectivity index (χ1) is 40.6. The molecule has 7 aromatic rings. The van der Waals surface area contributed by atoms with E-state index in [-0.39, 0.29) is 26.4 Å². The first-order valence-electron chi connectivity index (χ1n) is 27.8. The highest BCUT2D eigenvalue weighted by atomic mass is 16.5. The molecule has 0 amide bonds. The van der Waals surface area contributed by atoms with Crippen molar-refractivity contribution in [1.82, 2.24) is 19.9 Å². The molecular weight excluding hydrogens is 1080 g/mol. The Balaban J connectivity index is 1.09. The maximum Gasteiger partial charge on any atom is 0.113 e. The van der Waals surface area contributed by atoms with Gasteiger partial charge in [0.2, 0.25) is 0 Å². The molecule has 13 rings (SSSR count). The minimum Gasteiger partial charge on any atom is -0.388 e. The molecule has 14 N–H and O–H groups in total. The van der Waals surface area contributed by atoms with E-state index in [2.05, 4.69) is 9.97 Å². The van der Waals surface area contributed by atoms with Crippen LogP contribution >= 0.6 is 0 Å². The fourth-order valence-corrected chi connectivity index (χ4v) is 12.3. The van der Waals surface area contributed by atoms with Crippen LogP contribution in [0.5, 0.6) is 0 Å². The minimum absolute atomic E-state index is 0.209. The van der Waals surface area contributed by atoms with Crippen molar-refractivity contribution >= 4 is 46.4 Å². The predicted octanol–water partition coefficient (Wildman–Crippen LogP) is 3.94. The molecule has 3 aromatic heterocycles. The van der Waals surface area contributed by atoms with Crippen molar-refractivity contribution in [3.05, 3.63) is 166 Å². The van der Waals surface area contributed by atoms with Gasteiger partial charge in [-0.2, -0.15) is 0 Å². The molecule has 4 aromatic carbocycles. The van der Waals surface area contributed by atoms with Crippen LogP contribution in [0.1, 0.15) is 69.4 Å². The molecule has 20 heteroatoms. The highest BCUT2D eigenvalue weighted by Crippen LogP contribution is 2.43. The molecule has 84 heavy (non-hydrogen) atoms. The first kappa shape index (κ1) is 56.0. The molecule has 0 saturated carbocycles. The molecule has 4 saturated heterocycles. The maximum absolute atomic E-state index is 11.2. The zero-order valence-electron chi connectivity index (χ0n) is 44.8. The monoisotopic (exact) mass is 1140 g/mol. The average molecular weight is 1140 g/mol. The molecule has 20 nitrogen and oxygen atoms in total. The summed E-state index contributed by atoms with van der Waals surface area (Å²) in [5.41, 5.74) is 11.4. The van der Waals surface area contributed by atoms with Gasteiger partial charge in [-0.25, -0.2) is 9.97 Å². The third kappa shape index (κ3) is 10.1. The van der Waals surface area contributed by atoms with Crippen LogP contribution in [0.15, 0.2) is 121 Å². The second-order valence-corrected chi connectivity index (χ2v) is 22.2. The van der Waals surface area contributed by atoms with Crippen LogP contribution in [0.25, 0.3) is 90.9 Å². The van der Waals surface area contributed by atoms with Crippen LogP contribution in [0, 0.1) is 0 Å². The molecular formula is C64H62N4O16. The summed E-state index contributed by atoms with van der Waals surface area (Å²) < 4.78 is 23.8. The Labute approximate surface area is 479 Å². The van der Waals surface area contributed by atoms with Gasteiger partial charge in [-0.1, -0.05) is 72.8 Å². The van der Waals surface area contributed by atoms with E-state index >= 15 is 0 Å². The van der Waals surface area contributed by atoms with Crippen LogP contribution in [0.2, 0.25) is 0 Å². The molecule has 6 aliphatic heterocycles. The van der Waals surface area contributed by atoms with Gasteiger partial charge in [0, 0.05) is 44.3 Å². The lowest BCUT2D eigenvalue weighted by molar-refractivity contribution is -0.189. The van der Waals surface area contributed by atoms with E-state index in [0.29, 0.717) is 112 Å². The van der Waals surface area contributed by atoms with E-state index in [1.807, 2.05) is 97.1 Å². The van der Waals surface area contributed by atoms with Crippen LogP contribution in [0.3, 0.4) is 0 Å². The quantitative estimate of drug-likeness (QED) is 0.102. The Morgan fingerprint density at radius 3 is 0.750 bits per heavy atom. The van der Waals surface area contributed by atoms with Gasteiger partial charge in [0.25, 0.3) is 0 Å². The number of hydrogen-bond acceptors (Lipinski definition) is 18. The van der Waals surface area contributed by atoms with Crippen molar-refractivity contribution in [2.45, 2.75) is 97.7 Å². The Kier molecular flexibility index (Phi) is 15.1. The predicted molar refractivity (Wildman–Crippen MR) is 307 cm³/mol. The van der Waals surface area contributed by atoms with Gasteiger partial charge < -0.3 is 90.2 Å². The number of nitrogens with zero attached hydrogens (tertiary/aromatic N) is 2. The van der Waals surface area contributed by atoms with E-state index in [9.17, 15) is 61.3 Å². The molecule has 9 heterocycles. The number of nitrogens with one attached hydrogen (secondary N) is 2. The average Bonchev–Trinajstić information content (AvgIpc) is 3.54. The minimum atomic E-state index is -1.46.